The van der Waals surface area contributed by atoms with Gasteiger partial charge < -0.3 is 9.47 Å². The highest BCUT2D eigenvalue weighted by molar-refractivity contribution is 5.74. The van der Waals surface area contributed by atoms with Crippen molar-refractivity contribution in [2.75, 3.05) is 18.0 Å². The fourth-order valence-electron chi connectivity index (χ4n) is 3.06. The Morgan fingerprint density at radius 2 is 2.00 bits per heavy atom. The van der Waals surface area contributed by atoms with E-state index in [1.165, 1.54) is 4.57 Å². The fourth-order valence-corrected chi connectivity index (χ4v) is 3.06. The maximum absolute atomic E-state index is 12.3. The molecule has 1 N–H and O–H groups in total. The number of imidazole rings is 1. The molecule has 1 aliphatic rings. The van der Waals surface area contributed by atoms with Gasteiger partial charge in [-0.3, -0.25) is 14.3 Å². The van der Waals surface area contributed by atoms with E-state index in [1.807, 2.05) is 23.6 Å². The molecular weight excluding hydrogens is 294 g/mol. The SMILES string of the molecule is C/C=C/Cn1c(N2CCC(C)CC2)nc2c1c(=O)[nH]c(=O)n2C. The third-order valence-electron chi connectivity index (χ3n) is 4.58. The van der Waals surface area contributed by atoms with E-state index in [0.717, 1.165) is 31.9 Å². The van der Waals surface area contributed by atoms with Crippen LogP contribution >= 0.6 is 0 Å². The van der Waals surface area contributed by atoms with E-state index < -0.39 is 5.69 Å². The van der Waals surface area contributed by atoms with Crippen LogP contribution in [0.4, 0.5) is 5.95 Å². The van der Waals surface area contributed by atoms with Crippen LogP contribution in [0, 0.1) is 5.92 Å². The number of allylic oxidation sites excluding steroid dienone is 2. The van der Waals surface area contributed by atoms with Crippen LogP contribution in [0.15, 0.2) is 21.7 Å². The zero-order valence-electron chi connectivity index (χ0n) is 13.9. The minimum atomic E-state index is -0.433. The summed E-state index contributed by atoms with van der Waals surface area (Å²) in [5, 5.41) is 0. The quantitative estimate of drug-likeness (QED) is 0.864. The number of nitrogens with zero attached hydrogens (tertiary/aromatic N) is 4. The Bertz CT molecular complexity index is 850. The molecule has 3 heterocycles. The number of nitrogens with one attached hydrogen (secondary N) is 1. The van der Waals surface area contributed by atoms with Gasteiger partial charge in [-0.05, 0) is 25.7 Å². The summed E-state index contributed by atoms with van der Waals surface area (Å²) in [6.45, 7) is 6.62. The predicted octanol–water partition coefficient (Wildman–Crippen LogP) is 1.24. The summed E-state index contributed by atoms with van der Waals surface area (Å²) < 4.78 is 3.31. The van der Waals surface area contributed by atoms with Gasteiger partial charge in [0, 0.05) is 26.7 Å². The highest BCUT2D eigenvalue weighted by atomic mass is 16.2. The Balaban J connectivity index is 2.20. The van der Waals surface area contributed by atoms with Gasteiger partial charge in [-0.1, -0.05) is 19.1 Å². The lowest BCUT2D eigenvalue weighted by atomic mass is 10.00. The molecule has 0 saturated carbocycles. The number of fused-ring (bicyclic) bond motifs is 1. The Hall–Kier alpha value is -2.31. The molecule has 1 aliphatic heterocycles. The second kappa shape index (κ2) is 6.06. The summed E-state index contributed by atoms with van der Waals surface area (Å²) in [4.78, 5) is 33.4. The summed E-state index contributed by atoms with van der Waals surface area (Å²) in [7, 11) is 1.63. The van der Waals surface area contributed by atoms with E-state index in [-0.39, 0.29) is 5.56 Å². The van der Waals surface area contributed by atoms with E-state index in [2.05, 4.69) is 21.8 Å². The van der Waals surface area contributed by atoms with Gasteiger partial charge in [0.2, 0.25) is 5.95 Å². The molecule has 0 aromatic carbocycles. The minimum absolute atomic E-state index is 0.378. The van der Waals surface area contributed by atoms with Crippen LogP contribution in [0.5, 0.6) is 0 Å². The van der Waals surface area contributed by atoms with E-state index >= 15 is 0 Å². The monoisotopic (exact) mass is 317 g/mol. The predicted molar refractivity (Wildman–Crippen MR) is 91.0 cm³/mol. The summed E-state index contributed by atoms with van der Waals surface area (Å²) >= 11 is 0. The first kappa shape index (κ1) is 15.6. The first-order chi connectivity index (χ1) is 11.0. The molecule has 1 fully saturated rings. The minimum Gasteiger partial charge on any atom is -0.342 e. The number of aromatic nitrogens is 4. The van der Waals surface area contributed by atoms with Gasteiger partial charge in [0.15, 0.2) is 11.2 Å². The molecule has 1 saturated heterocycles. The van der Waals surface area contributed by atoms with Crippen LogP contribution in [0.1, 0.15) is 26.7 Å². The summed E-state index contributed by atoms with van der Waals surface area (Å²) in [6.07, 6.45) is 6.16. The van der Waals surface area contributed by atoms with Crippen molar-refractivity contribution >= 4 is 17.1 Å². The maximum atomic E-state index is 12.3. The Labute approximate surface area is 134 Å². The van der Waals surface area contributed by atoms with Gasteiger partial charge in [0.1, 0.15) is 0 Å². The van der Waals surface area contributed by atoms with Crippen molar-refractivity contribution in [1.82, 2.24) is 19.1 Å². The van der Waals surface area contributed by atoms with Crippen molar-refractivity contribution in [3.05, 3.63) is 33.0 Å². The van der Waals surface area contributed by atoms with Crippen molar-refractivity contribution in [2.24, 2.45) is 13.0 Å². The third-order valence-corrected chi connectivity index (χ3v) is 4.58. The smallest absolute Gasteiger partial charge is 0.329 e. The molecular formula is C16H23N5O2. The van der Waals surface area contributed by atoms with Crippen molar-refractivity contribution < 1.29 is 0 Å². The number of aryl methyl sites for hydroxylation is 1. The molecule has 0 atom stereocenters. The van der Waals surface area contributed by atoms with Crippen LogP contribution in [-0.4, -0.2) is 32.2 Å². The number of H-pyrrole nitrogens is 1. The topological polar surface area (TPSA) is 75.9 Å². The molecule has 0 aliphatic carbocycles. The van der Waals surface area contributed by atoms with Crippen molar-refractivity contribution in [3.63, 3.8) is 0 Å². The van der Waals surface area contributed by atoms with E-state index in [1.54, 1.807) is 7.05 Å². The first-order valence-corrected chi connectivity index (χ1v) is 8.08. The molecule has 124 valence electrons. The maximum Gasteiger partial charge on any atom is 0.329 e. The Kier molecular flexibility index (Phi) is 4.11. The molecule has 7 heteroatoms. The largest absolute Gasteiger partial charge is 0.342 e. The summed E-state index contributed by atoms with van der Waals surface area (Å²) in [6, 6.07) is 0. The molecule has 2 aromatic rings. The van der Waals surface area contributed by atoms with Crippen LogP contribution in [0.3, 0.4) is 0 Å². The van der Waals surface area contributed by atoms with Gasteiger partial charge in [-0.25, -0.2) is 4.79 Å². The molecule has 23 heavy (non-hydrogen) atoms. The van der Waals surface area contributed by atoms with E-state index in [0.29, 0.717) is 23.6 Å². The number of hydrogen-bond acceptors (Lipinski definition) is 4. The molecule has 3 rings (SSSR count). The molecule has 7 nitrogen and oxygen atoms in total. The number of aromatic amines is 1. The van der Waals surface area contributed by atoms with Crippen molar-refractivity contribution in [2.45, 2.75) is 33.2 Å². The van der Waals surface area contributed by atoms with Gasteiger partial charge in [-0.15, -0.1) is 0 Å². The summed E-state index contributed by atoms with van der Waals surface area (Å²) in [5.41, 5.74) is 0.0874. The second-order valence-electron chi connectivity index (χ2n) is 6.25. The third kappa shape index (κ3) is 2.71. The lowest BCUT2D eigenvalue weighted by molar-refractivity contribution is 0.432. The van der Waals surface area contributed by atoms with Gasteiger partial charge in [-0.2, -0.15) is 4.98 Å². The Morgan fingerprint density at radius 3 is 2.65 bits per heavy atom. The van der Waals surface area contributed by atoms with Crippen LogP contribution in [0.2, 0.25) is 0 Å². The zero-order valence-corrected chi connectivity index (χ0v) is 13.9. The van der Waals surface area contributed by atoms with Crippen molar-refractivity contribution in [1.29, 1.82) is 0 Å². The van der Waals surface area contributed by atoms with E-state index in [9.17, 15) is 9.59 Å². The molecule has 0 amide bonds. The molecule has 0 bridgehead atoms. The number of hydrogen-bond donors (Lipinski definition) is 1. The van der Waals surface area contributed by atoms with Crippen LogP contribution in [0.25, 0.3) is 11.2 Å². The number of rotatable bonds is 3. The van der Waals surface area contributed by atoms with Crippen LogP contribution < -0.4 is 16.1 Å². The van der Waals surface area contributed by atoms with E-state index in [4.69, 9.17) is 0 Å². The Morgan fingerprint density at radius 1 is 1.30 bits per heavy atom. The average Bonchev–Trinajstić information content (AvgIpc) is 2.91. The lowest BCUT2D eigenvalue weighted by Crippen LogP contribution is -2.35. The zero-order chi connectivity index (χ0) is 16.6. The first-order valence-electron chi connectivity index (χ1n) is 8.08. The van der Waals surface area contributed by atoms with Gasteiger partial charge in [0.05, 0.1) is 0 Å². The van der Waals surface area contributed by atoms with Gasteiger partial charge >= 0.3 is 5.69 Å². The molecule has 0 spiro atoms. The molecule has 0 radical (unpaired) electrons. The standard InChI is InChI=1S/C16H23N5O2/c1-4-5-8-21-12-13(19(3)16(23)18-14(12)22)17-15(21)20-9-6-11(2)7-10-20/h4-5,11H,6-10H2,1-3H3,(H,18,22,23)/b5-4+. The van der Waals surface area contributed by atoms with Crippen LogP contribution in [-0.2, 0) is 13.6 Å². The van der Waals surface area contributed by atoms with Gasteiger partial charge in [0.25, 0.3) is 5.56 Å². The highest BCUT2D eigenvalue weighted by Gasteiger charge is 2.23. The average molecular weight is 317 g/mol. The van der Waals surface area contributed by atoms with Crippen molar-refractivity contribution in [3.8, 4) is 0 Å². The lowest BCUT2D eigenvalue weighted by Gasteiger charge is -2.31. The fraction of sp³-hybridized carbons (Fsp3) is 0.562. The number of anilines is 1. The second-order valence-corrected chi connectivity index (χ2v) is 6.25. The summed E-state index contributed by atoms with van der Waals surface area (Å²) in [5.74, 6) is 1.49. The molecule has 0 unspecified atom stereocenters. The normalized spacial score (nSPS) is 16.7. The highest BCUT2D eigenvalue weighted by Crippen LogP contribution is 2.25. The number of piperidine rings is 1. The molecule has 2 aromatic heterocycles.